The van der Waals surface area contributed by atoms with Gasteiger partial charge in [-0.2, -0.15) is 5.10 Å². The van der Waals surface area contributed by atoms with Crippen LogP contribution in [0.25, 0.3) is 16.8 Å². The zero-order valence-corrected chi connectivity index (χ0v) is 26.8. The first-order chi connectivity index (χ1) is 21.9. The molecule has 3 aromatic carbocycles. The number of hydrogen-bond acceptors (Lipinski definition) is 6. The molecule has 8 nitrogen and oxygen atoms in total. The van der Waals surface area contributed by atoms with Crippen LogP contribution in [0.1, 0.15) is 64.0 Å². The van der Waals surface area contributed by atoms with Crippen LogP contribution in [0, 0.1) is 19.8 Å². The minimum atomic E-state index is -1.07. The molecule has 1 aromatic heterocycles. The smallest absolute Gasteiger partial charge is 0.342 e. The molecule has 2 aliphatic rings. The van der Waals surface area contributed by atoms with Gasteiger partial charge in [0.2, 0.25) is 5.88 Å². The fraction of sp³-hybridized carbons (Fsp3) is 0.405. The number of ether oxygens (including phenoxy) is 3. The highest BCUT2D eigenvalue weighted by Gasteiger charge is 2.25. The van der Waals surface area contributed by atoms with Crippen LogP contribution in [-0.2, 0) is 30.7 Å². The number of carboxylic acid groups (broad SMARTS) is 1. The molecule has 6 rings (SSSR count). The minimum absolute atomic E-state index is 0.0421. The number of carbonyl (C=O) groups is 1. The minimum Gasteiger partial charge on any atom is -0.488 e. The van der Waals surface area contributed by atoms with Crippen molar-refractivity contribution >= 4 is 5.97 Å². The molecule has 4 aromatic rings. The molecule has 0 bridgehead atoms. The van der Waals surface area contributed by atoms with E-state index in [-0.39, 0.29) is 11.4 Å². The molecule has 3 heterocycles. The van der Waals surface area contributed by atoms with E-state index in [9.17, 15) is 9.90 Å². The molecule has 1 atom stereocenters. The molecule has 0 amide bonds. The van der Waals surface area contributed by atoms with E-state index in [2.05, 4.69) is 67.2 Å². The Kier molecular flexibility index (Phi) is 9.24. The van der Waals surface area contributed by atoms with E-state index >= 15 is 0 Å². The molecule has 0 aliphatic carbocycles. The number of rotatable bonds is 11. The van der Waals surface area contributed by atoms with Crippen molar-refractivity contribution in [1.82, 2.24) is 14.7 Å². The van der Waals surface area contributed by atoms with E-state index < -0.39 is 5.97 Å². The van der Waals surface area contributed by atoms with Crippen LogP contribution in [0.15, 0.2) is 54.7 Å². The van der Waals surface area contributed by atoms with Gasteiger partial charge < -0.3 is 19.3 Å². The van der Waals surface area contributed by atoms with Crippen molar-refractivity contribution in [2.24, 2.45) is 5.92 Å². The Morgan fingerprint density at radius 1 is 1.07 bits per heavy atom. The SMILES string of the molecule is CCOc1c(C(=O)O)cnn1-c1cccc(-c2cccc(C)c2OCc2ccc3c(c2C)CCN(CC2CCOC2)C3)c1CC. The van der Waals surface area contributed by atoms with Crippen molar-refractivity contribution in [2.75, 3.05) is 32.9 Å². The number of carboxylic acids is 1. The maximum atomic E-state index is 11.9. The van der Waals surface area contributed by atoms with E-state index in [1.54, 1.807) is 4.68 Å². The van der Waals surface area contributed by atoms with E-state index in [4.69, 9.17) is 14.2 Å². The summed E-state index contributed by atoms with van der Waals surface area (Å²) in [6.07, 6.45) is 4.30. The first-order valence-corrected chi connectivity index (χ1v) is 16.1. The fourth-order valence-corrected chi connectivity index (χ4v) is 6.89. The average Bonchev–Trinajstić information content (AvgIpc) is 3.71. The molecular formula is C37H43N3O5. The van der Waals surface area contributed by atoms with Crippen LogP contribution in [0.4, 0.5) is 0 Å². The highest BCUT2D eigenvalue weighted by Crippen LogP contribution is 2.39. The second-order valence-electron chi connectivity index (χ2n) is 12.1. The van der Waals surface area contributed by atoms with Crippen molar-refractivity contribution in [1.29, 1.82) is 0 Å². The highest BCUT2D eigenvalue weighted by atomic mass is 16.5. The predicted molar refractivity (Wildman–Crippen MR) is 175 cm³/mol. The monoisotopic (exact) mass is 609 g/mol. The number of para-hydroxylation sites is 1. The Balaban J connectivity index is 1.28. The van der Waals surface area contributed by atoms with Gasteiger partial charge >= 0.3 is 5.97 Å². The summed E-state index contributed by atoms with van der Waals surface area (Å²) < 4.78 is 19.7. The number of aromatic carboxylic acids is 1. The third-order valence-electron chi connectivity index (χ3n) is 9.26. The lowest BCUT2D eigenvalue weighted by Gasteiger charge is -2.32. The van der Waals surface area contributed by atoms with Crippen LogP contribution >= 0.6 is 0 Å². The molecule has 236 valence electrons. The van der Waals surface area contributed by atoms with Gasteiger partial charge in [-0.15, -0.1) is 0 Å². The van der Waals surface area contributed by atoms with Crippen molar-refractivity contribution in [3.63, 3.8) is 0 Å². The summed E-state index contributed by atoms with van der Waals surface area (Å²) in [7, 11) is 0. The standard InChI is InChI=1S/C37H43N3O5/c1-5-29-31(10-8-12-34(29)40-36(44-6-2)33(19-38-40)37(41)42)32-11-7-9-24(3)35(32)45-23-28-14-13-27-21-39(17-15-30(27)25(28)4)20-26-16-18-43-22-26/h7-14,19,26H,5-6,15-18,20-23H2,1-4H3,(H,41,42). The lowest BCUT2D eigenvalue weighted by molar-refractivity contribution is 0.0692. The van der Waals surface area contributed by atoms with Crippen molar-refractivity contribution in [2.45, 2.75) is 60.1 Å². The molecule has 1 unspecified atom stereocenters. The maximum absolute atomic E-state index is 11.9. The lowest BCUT2D eigenvalue weighted by atomic mass is 9.91. The van der Waals surface area contributed by atoms with Gasteiger partial charge in [0.1, 0.15) is 17.9 Å². The molecule has 0 spiro atoms. The predicted octanol–water partition coefficient (Wildman–Crippen LogP) is 6.79. The summed E-state index contributed by atoms with van der Waals surface area (Å²) in [5.41, 5.74) is 10.4. The van der Waals surface area contributed by atoms with E-state index in [0.717, 1.165) is 73.0 Å². The van der Waals surface area contributed by atoms with Gasteiger partial charge in [0.15, 0.2) is 0 Å². The Morgan fingerprint density at radius 2 is 1.89 bits per heavy atom. The van der Waals surface area contributed by atoms with Crippen LogP contribution < -0.4 is 9.47 Å². The average molecular weight is 610 g/mol. The Morgan fingerprint density at radius 3 is 2.64 bits per heavy atom. The van der Waals surface area contributed by atoms with E-state index in [1.165, 1.54) is 34.9 Å². The van der Waals surface area contributed by atoms with Gasteiger partial charge in [-0.3, -0.25) is 4.90 Å². The topological polar surface area (TPSA) is 86.0 Å². The molecule has 45 heavy (non-hydrogen) atoms. The number of benzene rings is 3. The molecule has 1 fully saturated rings. The largest absolute Gasteiger partial charge is 0.488 e. The number of aryl methyl sites for hydroxylation is 1. The summed E-state index contributed by atoms with van der Waals surface area (Å²) in [5.74, 6) is 0.674. The number of hydrogen-bond donors (Lipinski definition) is 1. The summed E-state index contributed by atoms with van der Waals surface area (Å²) in [6, 6.07) is 16.8. The van der Waals surface area contributed by atoms with Gasteiger partial charge in [0.05, 0.1) is 25.1 Å². The summed E-state index contributed by atoms with van der Waals surface area (Å²) in [4.78, 5) is 14.5. The van der Waals surface area contributed by atoms with Crippen LogP contribution in [0.3, 0.4) is 0 Å². The molecule has 0 radical (unpaired) electrons. The zero-order chi connectivity index (χ0) is 31.5. The molecule has 0 saturated carbocycles. The van der Waals surface area contributed by atoms with Gasteiger partial charge in [-0.05, 0) is 91.0 Å². The third-order valence-corrected chi connectivity index (χ3v) is 9.26. The second-order valence-corrected chi connectivity index (χ2v) is 12.1. The van der Waals surface area contributed by atoms with Crippen LogP contribution in [0.2, 0.25) is 0 Å². The molecule has 1 saturated heterocycles. The van der Waals surface area contributed by atoms with Gasteiger partial charge in [-0.25, -0.2) is 9.48 Å². The van der Waals surface area contributed by atoms with Crippen LogP contribution in [-0.4, -0.2) is 58.7 Å². The maximum Gasteiger partial charge on any atom is 0.342 e. The Hall–Kier alpha value is -4.14. The van der Waals surface area contributed by atoms with Gasteiger partial charge in [0.25, 0.3) is 0 Å². The number of aromatic nitrogens is 2. The van der Waals surface area contributed by atoms with E-state index in [1.807, 2.05) is 19.1 Å². The second kappa shape index (κ2) is 13.5. The summed E-state index contributed by atoms with van der Waals surface area (Å²) in [6.45, 7) is 14.1. The van der Waals surface area contributed by atoms with Crippen molar-refractivity contribution in [3.05, 3.63) is 93.7 Å². The Bertz CT molecular complexity index is 1690. The molecule has 2 aliphatic heterocycles. The van der Waals surface area contributed by atoms with Crippen molar-refractivity contribution in [3.8, 4) is 28.4 Å². The third kappa shape index (κ3) is 6.22. The molecule has 8 heteroatoms. The van der Waals surface area contributed by atoms with Gasteiger partial charge in [0, 0.05) is 31.8 Å². The first-order valence-electron chi connectivity index (χ1n) is 16.1. The number of nitrogens with zero attached hydrogens (tertiary/aromatic N) is 3. The molecule has 1 N–H and O–H groups in total. The van der Waals surface area contributed by atoms with E-state index in [0.29, 0.717) is 25.6 Å². The summed E-state index contributed by atoms with van der Waals surface area (Å²) in [5, 5.41) is 14.2. The summed E-state index contributed by atoms with van der Waals surface area (Å²) >= 11 is 0. The normalized spacial score (nSPS) is 16.5. The first kappa shape index (κ1) is 30.9. The lowest BCUT2D eigenvalue weighted by Crippen LogP contribution is -2.35. The quantitative estimate of drug-likeness (QED) is 0.200. The fourth-order valence-electron chi connectivity index (χ4n) is 6.89. The Labute approximate surface area is 265 Å². The highest BCUT2D eigenvalue weighted by molar-refractivity contribution is 5.90. The van der Waals surface area contributed by atoms with Crippen LogP contribution in [0.5, 0.6) is 11.6 Å². The molecular weight excluding hydrogens is 566 g/mol. The number of fused-ring (bicyclic) bond motifs is 1. The zero-order valence-electron chi connectivity index (χ0n) is 26.8. The van der Waals surface area contributed by atoms with Gasteiger partial charge in [-0.1, -0.05) is 49.4 Å². The van der Waals surface area contributed by atoms with Crippen molar-refractivity contribution < 1.29 is 24.1 Å².